The Morgan fingerprint density at radius 3 is 2.47 bits per heavy atom. The topological polar surface area (TPSA) is 74.7 Å². The lowest BCUT2D eigenvalue weighted by Crippen LogP contribution is -2.36. The molecule has 0 aliphatic heterocycles. The molecule has 0 radical (unpaired) electrons. The average molecular weight is 285 g/mol. The van der Waals surface area contributed by atoms with Crippen LogP contribution < -0.4 is 0 Å². The Morgan fingerprint density at radius 2 is 1.95 bits per heavy atom. The maximum absolute atomic E-state index is 12.5. The summed E-state index contributed by atoms with van der Waals surface area (Å²) >= 11 is 0. The van der Waals surface area contributed by atoms with Gasteiger partial charge in [-0.1, -0.05) is 19.1 Å². The summed E-state index contributed by atoms with van der Waals surface area (Å²) < 4.78 is 26.0. The number of carbonyl (C=O) groups is 1. The van der Waals surface area contributed by atoms with Gasteiger partial charge in [-0.25, -0.2) is 8.42 Å². The first kappa shape index (κ1) is 15.7. The average Bonchev–Trinajstić information content (AvgIpc) is 2.31. The van der Waals surface area contributed by atoms with Crippen LogP contribution in [0.15, 0.2) is 23.1 Å². The van der Waals surface area contributed by atoms with Gasteiger partial charge >= 0.3 is 5.97 Å². The fraction of sp³-hybridized carbons (Fsp3) is 0.462. The third-order valence-corrected chi connectivity index (χ3v) is 4.73. The Morgan fingerprint density at radius 1 is 1.32 bits per heavy atom. The molecule has 5 nitrogen and oxygen atoms in total. The molecule has 106 valence electrons. The van der Waals surface area contributed by atoms with E-state index in [2.05, 4.69) is 0 Å². The summed E-state index contributed by atoms with van der Waals surface area (Å²) in [5, 5.41) is 8.84. The first-order valence-electron chi connectivity index (χ1n) is 6.08. The molecule has 1 aromatic rings. The van der Waals surface area contributed by atoms with Crippen molar-refractivity contribution in [2.45, 2.75) is 32.1 Å². The number of aryl methyl sites for hydroxylation is 2. The Kier molecular flexibility index (Phi) is 5.08. The highest BCUT2D eigenvalue weighted by Crippen LogP contribution is 2.21. The van der Waals surface area contributed by atoms with Gasteiger partial charge in [0.1, 0.15) is 6.54 Å². The first-order valence-corrected chi connectivity index (χ1v) is 7.52. The molecule has 0 aliphatic rings. The van der Waals surface area contributed by atoms with Crippen LogP contribution in [-0.4, -0.2) is 36.9 Å². The molecule has 0 fully saturated rings. The van der Waals surface area contributed by atoms with E-state index in [9.17, 15) is 13.2 Å². The highest BCUT2D eigenvalue weighted by Gasteiger charge is 2.27. The lowest BCUT2D eigenvalue weighted by atomic mass is 10.2. The molecular weight excluding hydrogens is 266 g/mol. The highest BCUT2D eigenvalue weighted by molar-refractivity contribution is 7.89. The largest absolute Gasteiger partial charge is 0.480 e. The summed E-state index contributed by atoms with van der Waals surface area (Å²) in [5.74, 6) is -1.15. The van der Waals surface area contributed by atoms with E-state index in [-0.39, 0.29) is 11.4 Å². The van der Waals surface area contributed by atoms with Crippen LogP contribution in [0.5, 0.6) is 0 Å². The lowest BCUT2D eigenvalue weighted by molar-refractivity contribution is -0.137. The first-order chi connectivity index (χ1) is 8.78. The molecular formula is C13H19NO4S. The van der Waals surface area contributed by atoms with Gasteiger partial charge in [-0.05, 0) is 37.5 Å². The number of hydrogen-bond acceptors (Lipinski definition) is 3. The van der Waals surface area contributed by atoms with Gasteiger partial charge in [0.25, 0.3) is 0 Å². The van der Waals surface area contributed by atoms with Gasteiger partial charge in [0.05, 0.1) is 4.90 Å². The zero-order valence-electron chi connectivity index (χ0n) is 11.4. The van der Waals surface area contributed by atoms with Gasteiger partial charge < -0.3 is 5.11 Å². The summed E-state index contributed by atoms with van der Waals surface area (Å²) in [7, 11) is -3.76. The smallest absolute Gasteiger partial charge is 0.318 e. The van der Waals surface area contributed by atoms with Crippen LogP contribution >= 0.6 is 0 Å². The minimum absolute atomic E-state index is 0.183. The van der Waals surface area contributed by atoms with Crippen molar-refractivity contribution in [2.75, 3.05) is 13.1 Å². The van der Waals surface area contributed by atoms with Crippen LogP contribution in [0.3, 0.4) is 0 Å². The van der Waals surface area contributed by atoms with Gasteiger partial charge in [-0.15, -0.1) is 0 Å². The van der Waals surface area contributed by atoms with Gasteiger partial charge in [-0.3, -0.25) is 4.79 Å². The summed E-state index contributed by atoms with van der Waals surface area (Å²) in [6.07, 6.45) is 0.567. The fourth-order valence-electron chi connectivity index (χ4n) is 1.81. The van der Waals surface area contributed by atoms with E-state index in [0.29, 0.717) is 12.0 Å². The van der Waals surface area contributed by atoms with Crippen molar-refractivity contribution < 1.29 is 18.3 Å². The number of rotatable bonds is 6. The van der Waals surface area contributed by atoms with Crippen molar-refractivity contribution in [3.63, 3.8) is 0 Å². The SMILES string of the molecule is CCCN(CC(=O)O)S(=O)(=O)c1cc(C)ccc1C. The molecule has 0 aromatic heterocycles. The summed E-state index contributed by atoms with van der Waals surface area (Å²) in [5.41, 5.74) is 1.45. The van der Waals surface area contributed by atoms with E-state index < -0.39 is 22.5 Å². The van der Waals surface area contributed by atoms with Crippen LogP contribution in [0, 0.1) is 13.8 Å². The van der Waals surface area contributed by atoms with E-state index in [0.717, 1.165) is 9.87 Å². The van der Waals surface area contributed by atoms with E-state index in [1.54, 1.807) is 26.0 Å². The molecule has 1 N–H and O–H groups in total. The van der Waals surface area contributed by atoms with Crippen LogP contribution in [-0.2, 0) is 14.8 Å². The van der Waals surface area contributed by atoms with Crippen molar-refractivity contribution in [1.82, 2.24) is 4.31 Å². The molecule has 0 aliphatic carbocycles. The van der Waals surface area contributed by atoms with Crippen molar-refractivity contribution in [3.8, 4) is 0 Å². The van der Waals surface area contributed by atoms with Crippen LogP contribution in [0.1, 0.15) is 24.5 Å². The van der Waals surface area contributed by atoms with E-state index >= 15 is 0 Å². The van der Waals surface area contributed by atoms with Gasteiger partial charge in [-0.2, -0.15) is 4.31 Å². The van der Waals surface area contributed by atoms with Crippen molar-refractivity contribution in [3.05, 3.63) is 29.3 Å². The molecule has 0 amide bonds. The molecule has 0 heterocycles. The third-order valence-electron chi connectivity index (χ3n) is 2.75. The zero-order valence-corrected chi connectivity index (χ0v) is 12.2. The normalized spacial score (nSPS) is 11.8. The number of aliphatic carboxylic acids is 1. The van der Waals surface area contributed by atoms with E-state index in [1.807, 2.05) is 13.0 Å². The summed E-state index contributed by atoms with van der Waals surface area (Å²) in [4.78, 5) is 11.0. The van der Waals surface area contributed by atoms with Crippen LogP contribution in [0.4, 0.5) is 0 Å². The second-order valence-corrected chi connectivity index (χ2v) is 6.41. The molecule has 0 saturated heterocycles. The Hall–Kier alpha value is -1.40. The molecule has 19 heavy (non-hydrogen) atoms. The minimum Gasteiger partial charge on any atom is -0.480 e. The number of hydrogen-bond donors (Lipinski definition) is 1. The maximum atomic E-state index is 12.5. The van der Waals surface area contributed by atoms with Crippen molar-refractivity contribution in [2.24, 2.45) is 0 Å². The molecule has 0 spiro atoms. The highest BCUT2D eigenvalue weighted by atomic mass is 32.2. The van der Waals surface area contributed by atoms with Crippen LogP contribution in [0.25, 0.3) is 0 Å². The van der Waals surface area contributed by atoms with Gasteiger partial charge in [0.2, 0.25) is 10.0 Å². The van der Waals surface area contributed by atoms with Gasteiger partial charge in [0, 0.05) is 6.54 Å². The number of carboxylic acids is 1. The maximum Gasteiger partial charge on any atom is 0.318 e. The molecule has 0 saturated carbocycles. The third kappa shape index (κ3) is 3.78. The molecule has 0 bridgehead atoms. The molecule has 6 heteroatoms. The minimum atomic E-state index is -3.76. The van der Waals surface area contributed by atoms with Crippen molar-refractivity contribution in [1.29, 1.82) is 0 Å². The number of benzene rings is 1. The zero-order chi connectivity index (χ0) is 14.6. The van der Waals surface area contributed by atoms with Gasteiger partial charge in [0.15, 0.2) is 0 Å². The standard InChI is InChI=1S/C13H19NO4S/c1-4-7-14(9-13(15)16)19(17,18)12-8-10(2)5-6-11(12)3/h5-6,8H,4,7,9H2,1-3H3,(H,15,16). The predicted molar refractivity (Wildman–Crippen MR) is 72.6 cm³/mol. The number of sulfonamides is 1. The predicted octanol–water partition coefficient (Wildman–Crippen LogP) is 1.79. The Balaban J connectivity index is 3.25. The molecule has 1 aromatic carbocycles. The second kappa shape index (κ2) is 6.16. The molecule has 0 unspecified atom stereocenters. The number of carboxylic acid groups (broad SMARTS) is 1. The molecule has 1 rings (SSSR count). The fourth-order valence-corrected chi connectivity index (χ4v) is 3.60. The Bertz CT molecular complexity index is 566. The monoisotopic (exact) mass is 285 g/mol. The lowest BCUT2D eigenvalue weighted by Gasteiger charge is -2.21. The number of nitrogens with zero attached hydrogens (tertiary/aromatic N) is 1. The van der Waals surface area contributed by atoms with Crippen LogP contribution in [0.2, 0.25) is 0 Å². The van der Waals surface area contributed by atoms with Crippen molar-refractivity contribution >= 4 is 16.0 Å². The summed E-state index contributed by atoms with van der Waals surface area (Å²) in [6.45, 7) is 5.01. The van der Waals surface area contributed by atoms with E-state index in [1.165, 1.54) is 0 Å². The molecule has 0 atom stereocenters. The summed E-state index contributed by atoms with van der Waals surface area (Å²) in [6, 6.07) is 5.14. The van der Waals surface area contributed by atoms with E-state index in [4.69, 9.17) is 5.11 Å². The Labute approximate surface area is 113 Å². The quantitative estimate of drug-likeness (QED) is 0.864. The second-order valence-electron chi connectivity index (χ2n) is 4.50.